The number of amides is 1. The second-order valence-corrected chi connectivity index (χ2v) is 4.67. The number of hydrogen-bond donors (Lipinski definition) is 3. The second-order valence-electron chi connectivity index (χ2n) is 4.67. The number of hydrogen-bond acceptors (Lipinski definition) is 4. The minimum atomic E-state index is -1.86. The van der Waals surface area contributed by atoms with Gasteiger partial charge < -0.3 is 20.0 Å². The van der Waals surface area contributed by atoms with E-state index in [1.807, 2.05) is 20.8 Å². The van der Waals surface area contributed by atoms with Crippen molar-refractivity contribution in [3.05, 3.63) is 29.8 Å². The molecular formula is C11H16BNO4. The van der Waals surface area contributed by atoms with Gasteiger partial charge in [0, 0.05) is 11.1 Å². The standard InChI is InChI=1S/C11H16BNO4/c1-11(2,3)13-10(14)8-4-6-9(7-5-8)17-12(15)16/h4-7,15-16H,1-3H3,(H,13,14). The number of rotatable bonds is 3. The number of nitrogens with one attached hydrogen (secondary N) is 1. The summed E-state index contributed by atoms with van der Waals surface area (Å²) in [6, 6.07) is 6.10. The summed E-state index contributed by atoms with van der Waals surface area (Å²) < 4.78 is 4.63. The van der Waals surface area contributed by atoms with Gasteiger partial charge in [0.2, 0.25) is 0 Å². The summed E-state index contributed by atoms with van der Waals surface area (Å²) in [5.41, 5.74) is 0.188. The lowest BCUT2D eigenvalue weighted by Gasteiger charge is -2.20. The molecule has 0 radical (unpaired) electrons. The molecule has 1 aromatic rings. The molecule has 6 heteroatoms. The summed E-state index contributed by atoms with van der Waals surface area (Å²) in [5.74, 6) is 0.0981. The number of carbonyl (C=O) groups excluding carboxylic acids is 1. The lowest BCUT2D eigenvalue weighted by atomic mass is 10.1. The highest BCUT2D eigenvalue weighted by molar-refractivity contribution is 6.33. The predicted octanol–water partition coefficient (Wildman–Crippen LogP) is 0.563. The first kappa shape index (κ1) is 13.5. The van der Waals surface area contributed by atoms with E-state index in [1.165, 1.54) is 12.1 Å². The quantitative estimate of drug-likeness (QED) is 0.671. The Kier molecular flexibility index (Phi) is 4.14. The minimum Gasteiger partial charge on any atom is -0.512 e. The zero-order valence-electron chi connectivity index (χ0n) is 10.1. The van der Waals surface area contributed by atoms with Gasteiger partial charge in [-0.05, 0) is 45.0 Å². The van der Waals surface area contributed by atoms with Crippen LogP contribution in [0.3, 0.4) is 0 Å². The van der Waals surface area contributed by atoms with E-state index in [9.17, 15) is 4.79 Å². The van der Waals surface area contributed by atoms with E-state index in [-0.39, 0.29) is 17.2 Å². The SMILES string of the molecule is CC(C)(C)NC(=O)c1ccc(OB(O)O)cc1. The van der Waals surface area contributed by atoms with E-state index < -0.39 is 7.32 Å². The van der Waals surface area contributed by atoms with Crippen molar-refractivity contribution in [3.63, 3.8) is 0 Å². The summed E-state index contributed by atoms with van der Waals surface area (Å²) in [5, 5.41) is 20.0. The number of benzene rings is 1. The van der Waals surface area contributed by atoms with Gasteiger partial charge in [0.05, 0.1) is 0 Å². The van der Waals surface area contributed by atoms with Gasteiger partial charge in [-0.3, -0.25) is 4.79 Å². The molecule has 0 aromatic heterocycles. The third-order valence-corrected chi connectivity index (χ3v) is 1.85. The third kappa shape index (κ3) is 4.88. The zero-order chi connectivity index (χ0) is 13.1. The number of carbonyl (C=O) groups is 1. The van der Waals surface area contributed by atoms with Crippen LogP contribution in [0.4, 0.5) is 0 Å². The Morgan fingerprint density at radius 2 is 1.76 bits per heavy atom. The maximum Gasteiger partial charge on any atom is 0.707 e. The Labute approximate surface area is 101 Å². The molecule has 0 spiro atoms. The van der Waals surface area contributed by atoms with Crippen LogP contribution in [-0.2, 0) is 0 Å². The maximum absolute atomic E-state index is 11.7. The molecule has 0 bridgehead atoms. The zero-order valence-corrected chi connectivity index (χ0v) is 10.1. The van der Waals surface area contributed by atoms with Crippen LogP contribution in [0, 0.1) is 0 Å². The largest absolute Gasteiger partial charge is 0.707 e. The first-order valence-electron chi connectivity index (χ1n) is 5.23. The second kappa shape index (κ2) is 5.20. The summed E-state index contributed by atoms with van der Waals surface area (Å²) >= 11 is 0. The van der Waals surface area contributed by atoms with Crippen molar-refractivity contribution in [2.75, 3.05) is 0 Å². The van der Waals surface area contributed by atoms with Crippen LogP contribution in [0.5, 0.6) is 5.75 Å². The molecule has 1 amide bonds. The molecule has 0 fully saturated rings. The van der Waals surface area contributed by atoms with Crippen molar-refractivity contribution in [2.24, 2.45) is 0 Å². The topological polar surface area (TPSA) is 78.8 Å². The van der Waals surface area contributed by atoms with Gasteiger partial charge in [0.25, 0.3) is 5.91 Å². The maximum atomic E-state index is 11.7. The Morgan fingerprint density at radius 3 is 2.18 bits per heavy atom. The first-order valence-corrected chi connectivity index (χ1v) is 5.23. The summed E-state index contributed by atoms with van der Waals surface area (Å²) in [6.45, 7) is 5.68. The molecule has 3 N–H and O–H groups in total. The molecule has 5 nitrogen and oxygen atoms in total. The van der Waals surface area contributed by atoms with Gasteiger partial charge in [-0.15, -0.1) is 0 Å². The lowest BCUT2D eigenvalue weighted by molar-refractivity contribution is 0.0919. The third-order valence-electron chi connectivity index (χ3n) is 1.85. The van der Waals surface area contributed by atoms with Crippen molar-refractivity contribution in [3.8, 4) is 5.75 Å². The highest BCUT2D eigenvalue weighted by Gasteiger charge is 2.16. The average molecular weight is 237 g/mol. The molecule has 17 heavy (non-hydrogen) atoms. The Hall–Kier alpha value is -1.53. The molecule has 0 unspecified atom stereocenters. The monoisotopic (exact) mass is 237 g/mol. The fraction of sp³-hybridized carbons (Fsp3) is 0.364. The molecule has 0 saturated carbocycles. The molecule has 0 aliphatic carbocycles. The fourth-order valence-electron chi connectivity index (χ4n) is 1.22. The van der Waals surface area contributed by atoms with Gasteiger partial charge in [-0.1, -0.05) is 0 Å². The molecule has 1 aromatic carbocycles. The van der Waals surface area contributed by atoms with Crippen molar-refractivity contribution in [1.82, 2.24) is 5.32 Å². The van der Waals surface area contributed by atoms with E-state index >= 15 is 0 Å². The Bertz CT molecular complexity index is 383. The van der Waals surface area contributed by atoms with Gasteiger partial charge in [-0.2, -0.15) is 0 Å². The highest BCUT2D eigenvalue weighted by atomic mass is 16.6. The summed E-state index contributed by atoms with van der Waals surface area (Å²) in [4.78, 5) is 11.7. The van der Waals surface area contributed by atoms with Gasteiger partial charge in [-0.25, -0.2) is 0 Å². The Balaban J connectivity index is 2.71. The molecular weight excluding hydrogens is 221 g/mol. The van der Waals surface area contributed by atoms with Crippen LogP contribution < -0.4 is 9.97 Å². The van der Waals surface area contributed by atoms with Crippen LogP contribution >= 0.6 is 0 Å². The predicted molar refractivity (Wildman–Crippen MR) is 64.5 cm³/mol. The molecule has 0 aliphatic heterocycles. The van der Waals surface area contributed by atoms with E-state index in [0.717, 1.165) is 0 Å². The highest BCUT2D eigenvalue weighted by Crippen LogP contribution is 2.13. The van der Waals surface area contributed by atoms with E-state index in [2.05, 4.69) is 9.97 Å². The van der Waals surface area contributed by atoms with Gasteiger partial charge in [0.15, 0.2) is 0 Å². The molecule has 0 heterocycles. The smallest absolute Gasteiger partial charge is 0.512 e. The average Bonchev–Trinajstić information content (AvgIpc) is 2.15. The lowest BCUT2D eigenvalue weighted by Crippen LogP contribution is -2.40. The van der Waals surface area contributed by atoms with Gasteiger partial charge >= 0.3 is 7.32 Å². The van der Waals surface area contributed by atoms with E-state index in [0.29, 0.717) is 5.56 Å². The van der Waals surface area contributed by atoms with Gasteiger partial charge in [0.1, 0.15) is 5.75 Å². The summed E-state index contributed by atoms with van der Waals surface area (Å²) in [6.07, 6.45) is 0. The van der Waals surface area contributed by atoms with E-state index in [1.54, 1.807) is 12.1 Å². The minimum absolute atomic E-state index is 0.186. The Morgan fingerprint density at radius 1 is 1.24 bits per heavy atom. The van der Waals surface area contributed by atoms with Crippen LogP contribution in [0.25, 0.3) is 0 Å². The van der Waals surface area contributed by atoms with Crippen LogP contribution in [-0.4, -0.2) is 28.8 Å². The normalized spacial score (nSPS) is 10.9. The van der Waals surface area contributed by atoms with Crippen molar-refractivity contribution in [1.29, 1.82) is 0 Å². The van der Waals surface area contributed by atoms with E-state index in [4.69, 9.17) is 10.0 Å². The molecule has 1 rings (SSSR count). The van der Waals surface area contributed by atoms with Crippen LogP contribution in [0.1, 0.15) is 31.1 Å². The summed E-state index contributed by atoms with van der Waals surface area (Å²) in [7, 11) is -1.86. The first-order chi connectivity index (χ1) is 7.78. The fourth-order valence-corrected chi connectivity index (χ4v) is 1.22. The molecule has 0 aliphatic rings. The van der Waals surface area contributed by atoms with Crippen LogP contribution in [0.2, 0.25) is 0 Å². The van der Waals surface area contributed by atoms with Crippen molar-refractivity contribution in [2.45, 2.75) is 26.3 Å². The molecule has 0 atom stereocenters. The molecule has 0 saturated heterocycles. The van der Waals surface area contributed by atoms with Crippen LogP contribution in [0.15, 0.2) is 24.3 Å². The molecule has 92 valence electrons. The van der Waals surface area contributed by atoms with Crippen molar-refractivity contribution < 1.29 is 19.5 Å². The van der Waals surface area contributed by atoms with Crippen molar-refractivity contribution >= 4 is 13.2 Å².